The molecule has 216 valence electrons. The Morgan fingerprint density at radius 1 is 1.10 bits per heavy atom. The van der Waals surface area contributed by atoms with Gasteiger partial charge in [-0.2, -0.15) is 23.3 Å². The van der Waals surface area contributed by atoms with Gasteiger partial charge in [-0.1, -0.05) is 37.1 Å². The average molecular weight is 581 g/mol. The summed E-state index contributed by atoms with van der Waals surface area (Å²) in [4.78, 5) is 22.2. The molecule has 5 aromatic rings. The van der Waals surface area contributed by atoms with Gasteiger partial charge in [0.25, 0.3) is 5.91 Å². The van der Waals surface area contributed by atoms with Crippen molar-refractivity contribution in [3.05, 3.63) is 77.5 Å². The smallest absolute Gasteiger partial charge is 0.435 e. The molecule has 0 unspecified atom stereocenters. The Morgan fingerprint density at radius 3 is 2.64 bits per heavy atom. The van der Waals surface area contributed by atoms with E-state index >= 15 is 0 Å². The number of aryl methyl sites for hydroxylation is 1. The molecule has 14 heteroatoms. The summed E-state index contributed by atoms with van der Waals surface area (Å²) in [5.41, 5.74) is -1.03. The molecule has 0 aliphatic heterocycles. The molecule has 42 heavy (non-hydrogen) atoms. The number of aromatic nitrogens is 7. The molecule has 1 aromatic carbocycles. The number of halogens is 4. The SMILES string of the molecule is Cn1nc(C(F)(F)F)c2cc(C(=O)Nc3cccc(-c4nncn4C4CCCC4)n3)c(OCc3ccccc3F)nc21. The van der Waals surface area contributed by atoms with Gasteiger partial charge in [0, 0.05) is 18.7 Å². The van der Waals surface area contributed by atoms with Gasteiger partial charge in [0.15, 0.2) is 17.2 Å². The summed E-state index contributed by atoms with van der Waals surface area (Å²) in [5, 5.41) is 14.0. The minimum Gasteiger partial charge on any atom is -0.472 e. The van der Waals surface area contributed by atoms with E-state index in [-0.39, 0.29) is 46.5 Å². The van der Waals surface area contributed by atoms with E-state index in [2.05, 4.69) is 30.6 Å². The third-order valence-electron chi connectivity index (χ3n) is 7.13. The van der Waals surface area contributed by atoms with Gasteiger partial charge >= 0.3 is 6.18 Å². The maximum absolute atomic E-state index is 14.2. The Kier molecular flexibility index (Phi) is 7.04. The zero-order valence-electron chi connectivity index (χ0n) is 22.3. The number of pyridine rings is 2. The van der Waals surface area contributed by atoms with Gasteiger partial charge in [0.1, 0.15) is 35.8 Å². The number of hydrogen-bond donors (Lipinski definition) is 1. The first-order chi connectivity index (χ1) is 20.2. The van der Waals surface area contributed by atoms with Crippen molar-refractivity contribution >= 4 is 22.8 Å². The summed E-state index contributed by atoms with van der Waals surface area (Å²) < 4.78 is 64.1. The lowest BCUT2D eigenvalue weighted by Crippen LogP contribution is -2.16. The molecule has 0 spiro atoms. The van der Waals surface area contributed by atoms with E-state index in [1.165, 1.54) is 31.3 Å². The van der Waals surface area contributed by atoms with Crippen molar-refractivity contribution < 1.29 is 27.1 Å². The lowest BCUT2D eigenvalue weighted by molar-refractivity contribution is -0.140. The number of carbonyl (C=O) groups excluding carboxylic acids is 1. The molecule has 1 N–H and O–H groups in total. The summed E-state index contributed by atoms with van der Waals surface area (Å²) in [7, 11) is 1.30. The molecule has 1 aliphatic carbocycles. The molecule has 0 atom stereocenters. The lowest BCUT2D eigenvalue weighted by Gasteiger charge is -2.14. The van der Waals surface area contributed by atoms with Crippen molar-refractivity contribution in [3.8, 4) is 17.4 Å². The van der Waals surface area contributed by atoms with Gasteiger partial charge in [0.05, 0.1) is 5.39 Å². The number of hydrogen-bond acceptors (Lipinski definition) is 7. The Morgan fingerprint density at radius 2 is 1.88 bits per heavy atom. The fourth-order valence-electron chi connectivity index (χ4n) is 5.09. The molecule has 0 bridgehead atoms. The van der Waals surface area contributed by atoms with Crippen LogP contribution in [-0.4, -0.2) is 40.4 Å². The van der Waals surface area contributed by atoms with Gasteiger partial charge in [-0.05, 0) is 37.1 Å². The molecule has 0 radical (unpaired) electrons. The van der Waals surface area contributed by atoms with Crippen molar-refractivity contribution in [1.82, 2.24) is 34.5 Å². The molecule has 0 saturated heterocycles. The molecular formula is C28H24F4N8O2. The maximum atomic E-state index is 14.2. The van der Waals surface area contributed by atoms with Crippen LogP contribution in [0.2, 0.25) is 0 Å². The predicted molar refractivity (Wildman–Crippen MR) is 143 cm³/mol. The first kappa shape index (κ1) is 27.3. The third kappa shape index (κ3) is 5.27. The highest BCUT2D eigenvalue weighted by molar-refractivity contribution is 6.07. The normalized spacial score (nSPS) is 14.0. The fraction of sp³-hybridized carbons (Fsp3) is 0.286. The minimum absolute atomic E-state index is 0.126. The second-order valence-corrected chi connectivity index (χ2v) is 9.92. The van der Waals surface area contributed by atoms with Gasteiger partial charge in [-0.15, -0.1) is 10.2 Å². The molecule has 4 heterocycles. The second kappa shape index (κ2) is 10.8. The van der Waals surface area contributed by atoms with E-state index in [9.17, 15) is 22.4 Å². The monoisotopic (exact) mass is 580 g/mol. The van der Waals surface area contributed by atoms with E-state index < -0.39 is 23.6 Å². The van der Waals surface area contributed by atoms with Crippen molar-refractivity contribution in [2.45, 2.75) is 44.5 Å². The molecular weight excluding hydrogens is 556 g/mol. The number of carbonyl (C=O) groups is 1. The number of ether oxygens (including phenoxy) is 1. The highest BCUT2D eigenvalue weighted by atomic mass is 19.4. The van der Waals surface area contributed by atoms with Crippen LogP contribution in [0.25, 0.3) is 22.6 Å². The van der Waals surface area contributed by atoms with Crippen molar-refractivity contribution in [2.24, 2.45) is 7.05 Å². The number of nitrogens with zero attached hydrogens (tertiary/aromatic N) is 7. The van der Waals surface area contributed by atoms with E-state index in [0.29, 0.717) is 11.5 Å². The van der Waals surface area contributed by atoms with Crippen molar-refractivity contribution in [1.29, 1.82) is 0 Å². The van der Waals surface area contributed by atoms with Gasteiger partial charge in [-0.3, -0.25) is 4.79 Å². The van der Waals surface area contributed by atoms with Crippen LogP contribution >= 0.6 is 0 Å². The first-order valence-electron chi connectivity index (χ1n) is 13.2. The van der Waals surface area contributed by atoms with Crippen LogP contribution in [0.1, 0.15) is 53.3 Å². The van der Waals surface area contributed by atoms with Crippen molar-refractivity contribution in [3.63, 3.8) is 0 Å². The number of anilines is 1. The Balaban J connectivity index is 1.35. The average Bonchev–Trinajstić information content (AvgIpc) is 3.72. The summed E-state index contributed by atoms with van der Waals surface area (Å²) in [6.07, 6.45) is 1.08. The van der Waals surface area contributed by atoms with Crippen LogP contribution in [-0.2, 0) is 19.8 Å². The van der Waals surface area contributed by atoms with E-state index in [1.54, 1.807) is 24.5 Å². The van der Waals surface area contributed by atoms with Crippen LogP contribution in [0.15, 0.2) is 54.9 Å². The van der Waals surface area contributed by atoms with Crippen LogP contribution in [0, 0.1) is 5.82 Å². The Labute approximate surface area is 236 Å². The number of nitrogens with one attached hydrogen (secondary N) is 1. The largest absolute Gasteiger partial charge is 0.472 e. The van der Waals surface area contributed by atoms with Crippen LogP contribution < -0.4 is 10.1 Å². The lowest BCUT2D eigenvalue weighted by atomic mass is 10.1. The topological polar surface area (TPSA) is 113 Å². The second-order valence-electron chi connectivity index (χ2n) is 9.92. The highest BCUT2D eigenvalue weighted by Crippen LogP contribution is 2.36. The number of rotatable bonds is 7. The summed E-state index contributed by atoms with van der Waals surface area (Å²) >= 11 is 0. The van der Waals surface area contributed by atoms with Crippen LogP contribution in [0.3, 0.4) is 0 Å². The standard InChI is InChI=1S/C28H24F4N8O2/c1-39-24-18(23(38-39)28(30,31)32)13-19(27(36-24)42-14-16-7-2-5-10-20(16)29)26(41)35-22-12-6-11-21(34-22)25-37-33-15-40(25)17-8-3-4-9-17/h2,5-7,10-13,15,17H,3-4,8-9,14H2,1H3,(H,34,35,41). The molecule has 1 amide bonds. The molecule has 4 aromatic heterocycles. The van der Waals surface area contributed by atoms with Gasteiger partial charge in [-0.25, -0.2) is 14.1 Å². The van der Waals surface area contributed by atoms with E-state index in [1.807, 2.05) is 4.57 Å². The van der Waals surface area contributed by atoms with E-state index in [0.717, 1.165) is 36.4 Å². The molecule has 1 fully saturated rings. The molecule has 1 aliphatic rings. The zero-order valence-corrected chi connectivity index (χ0v) is 22.3. The highest BCUT2D eigenvalue weighted by Gasteiger charge is 2.38. The molecule has 6 rings (SSSR count). The van der Waals surface area contributed by atoms with Crippen LogP contribution in [0.4, 0.5) is 23.4 Å². The van der Waals surface area contributed by atoms with E-state index in [4.69, 9.17) is 4.74 Å². The number of amides is 1. The van der Waals surface area contributed by atoms with Crippen molar-refractivity contribution in [2.75, 3.05) is 5.32 Å². The zero-order chi connectivity index (χ0) is 29.4. The van der Waals surface area contributed by atoms with Gasteiger partial charge in [0.2, 0.25) is 5.88 Å². The third-order valence-corrected chi connectivity index (χ3v) is 7.13. The maximum Gasteiger partial charge on any atom is 0.435 e. The van der Waals surface area contributed by atoms with Gasteiger partial charge < -0.3 is 14.6 Å². The minimum atomic E-state index is -4.80. The first-order valence-corrected chi connectivity index (χ1v) is 13.2. The number of alkyl halides is 3. The summed E-state index contributed by atoms with van der Waals surface area (Å²) in [6.45, 7) is -0.319. The fourth-order valence-corrected chi connectivity index (χ4v) is 5.09. The summed E-state index contributed by atoms with van der Waals surface area (Å²) in [5.74, 6) is -0.999. The molecule has 1 saturated carbocycles. The Hall–Kier alpha value is -4.88. The molecule has 10 nitrogen and oxygen atoms in total. The number of benzene rings is 1. The number of fused-ring (bicyclic) bond motifs is 1. The summed E-state index contributed by atoms with van der Waals surface area (Å²) in [6, 6.07) is 12.1. The van der Waals surface area contributed by atoms with Crippen LogP contribution in [0.5, 0.6) is 5.88 Å². The quantitative estimate of drug-likeness (QED) is 0.245. The Bertz CT molecular complexity index is 1780. The predicted octanol–water partition coefficient (Wildman–Crippen LogP) is 5.73.